The van der Waals surface area contributed by atoms with Crippen LogP contribution in [0.25, 0.3) is 5.69 Å². The van der Waals surface area contributed by atoms with E-state index >= 15 is 0 Å². The van der Waals surface area contributed by atoms with Crippen LogP contribution in [0.5, 0.6) is 11.5 Å². The lowest BCUT2D eigenvalue weighted by Crippen LogP contribution is -2.28. The SMILES string of the molecule is COc1ccc(OCc2nnc(SCC(=O)NCC(C)C)n2-c2ccccc2F)cc1. The van der Waals surface area contributed by atoms with Crippen molar-refractivity contribution in [2.24, 2.45) is 5.92 Å². The van der Waals surface area contributed by atoms with Gasteiger partial charge in [-0.2, -0.15) is 0 Å². The van der Waals surface area contributed by atoms with E-state index in [4.69, 9.17) is 9.47 Å². The Labute approximate surface area is 185 Å². The summed E-state index contributed by atoms with van der Waals surface area (Å²) in [5.74, 6) is 1.74. The molecule has 0 bridgehead atoms. The van der Waals surface area contributed by atoms with Crippen LogP contribution in [0.2, 0.25) is 0 Å². The Bertz CT molecular complexity index is 1010. The highest BCUT2D eigenvalue weighted by Crippen LogP contribution is 2.25. The minimum atomic E-state index is -0.417. The zero-order chi connectivity index (χ0) is 22.2. The average Bonchev–Trinajstić information content (AvgIpc) is 3.18. The number of thioether (sulfide) groups is 1. The van der Waals surface area contributed by atoms with Gasteiger partial charge < -0.3 is 14.8 Å². The monoisotopic (exact) mass is 444 g/mol. The van der Waals surface area contributed by atoms with Crippen molar-refractivity contribution in [2.75, 3.05) is 19.4 Å². The van der Waals surface area contributed by atoms with Gasteiger partial charge in [0.25, 0.3) is 0 Å². The molecule has 1 heterocycles. The molecule has 9 heteroatoms. The third-order valence-corrected chi connectivity index (χ3v) is 5.19. The van der Waals surface area contributed by atoms with Crippen molar-refractivity contribution in [3.8, 4) is 17.2 Å². The van der Waals surface area contributed by atoms with Crippen molar-refractivity contribution in [1.82, 2.24) is 20.1 Å². The summed E-state index contributed by atoms with van der Waals surface area (Å²) in [5.41, 5.74) is 0.297. The molecule has 3 aromatic rings. The third-order valence-electron chi connectivity index (χ3n) is 4.26. The molecular formula is C22H25FN4O3S. The third kappa shape index (κ3) is 6.21. The largest absolute Gasteiger partial charge is 0.497 e. The van der Waals surface area contributed by atoms with E-state index in [2.05, 4.69) is 15.5 Å². The number of amides is 1. The highest BCUT2D eigenvalue weighted by molar-refractivity contribution is 7.99. The minimum absolute atomic E-state index is 0.0772. The van der Waals surface area contributed by atoms with Crippen molar-refractivity contribution in [3.63, 3.8) is 0 Å². The summed E-state index contributed by atoms with van der Waals surface area (Å²) < 4.78 is 27.1. The number of rotatable bonds is 10. The van der Waals surface area contributed by atoms with Crippen LogP contribution in [-0.4, -0.2) is 40.1 Å². The summed E-state index contributed by atoms with van der Waals surface area (Å²) in [6.45, 7) is 4.72. The van der Waals surface area contributed by atoms with Crippen LogP contribution >= 0.6 is 11.8 Å². The fourth-order valence-corrected chi connectivity index (χ4v) is 3.47. The maximum absolute atomic E-state index is 14.5. The van der Waals surface area contributed by atoms with Gasteiger partial charge in [-0.25, -0.2) is 4.39 Å². The number of hydrogen-bond donors (Lipinski definition) is 1. The zero-order valence-corrected chi connectivity index (χ0v) is 18.5. The number of para-hydroxylation sites is 1. The number of ether oxygens (including phenoxy) is 2. The molecule has 164 valence electrons. The van der Waals surface area contributed by atoms with Crippen molar-refractivity contribution in [3.05, 3.63) is 60.2 Å². The predicted molar refractivity (Wildman–Crippen MR) is 117 cm³/mol. The van der Waals surface area contributed by atoms with Gasteiger partial charge in [0, 0.05) is 6.54 Å². The molecule has 0 saturated carbocycles. The van der Waals surface area contributed by atoms with Crippen LogP contribution in [0.3, 0.4) is 0 Å². The van der Waals surface area contributed by atoms with E-state index in [-0.39, 0.29) is 18.3 Å². The van der Waals surface area contributed by atoms with E-state index in [0.29, 0.717) is 34.9 Å². The standard InChI is InChI=1S/C22H25FN4O3S/c1-15(2)12-24-21(28)14-31-22-26-25-20(27(22)19-7-5-4-6-18(19)23)13-30-17-10-8-16(29-3)9-11-17/h4-11,15H,12-14H2,1-3H3,(H,24,28). The molecule has 0 aliphatic carbocycles. The molecule has 7 nitrogen and oxygen atoms in total. The number of halogens is 1. The Kier molecular flexibility index (Phi) is 7.88. The van der Waals surface area contributed by atoms with Gasteiger partial charge in [0.05, 0.1) is 18.6 Å². The quantitative estimate of drug-likeness (QED) is 0.479. The second kappa shape index (κ2) is 10.8. The maximum Gasteiger partial charge on any atom is 0.230 e. The number of carbonyl (C=O) groups excluding carboxylic acids is 1. The van der Waals surface area contributed by atoms with Crippen LogP contribution in [0.1, 0.15) is 19.7 Å². The number of nitrogens with zero attached hydrogens (tertiary/aromatic N) is 3. The van der Waals surface area contributed by atoms with Crippen LogP contribution in [0.4, 0.5) is 4.39 Å². The number of methoxy groups -OCH3 is 1. The Morgan fingerprint density at radius 2 is 1.84 bits per heavy atom. The molecule has 3 rings (SSSR count). The van der Waals surface area contributed by atoms with Gasteiger partial charge in [-0.1, -0.05) is 37.7 Å². The van der Waals surface area contributed by atoms with E-state index in [1.165, 1.54) is 17.8 Å². The lowest BCUT2D eigenvalue weighted by Gasteiger charge is -2.12. The van der Waals surface area contributed by atoms with Gasteiger partial charge >= 0.3 is 0 Å². The molecule has 0 aliphatic heterocycles. The van der Waals surface area contributed by atoms with E-state index in [1.807, 2.05) is 13.8 Å². The summed E-state index contributed by atoms with van der Waals surface area (Å²) in [4.78, 5) is 12.1. The van der Waals surface area contributed by atoms with Gasteiger partial charge in [-0.05, 0) is 42.3 Å². The fraction of sp³-hybridized carbons (Fsp3) is 0.318. The average molecular weight is 445 g/mol. The van der Waals surface area contributed by atoms with Gasteiger partial charge in [-0.15, -0.1) is 10.2 Å². The molecule has 0 atom stereocenters. The number of aromatic nitrogens is 3. The van der Waals surface area contributed by atoms with E-state index in [0.717, 1.165) is 5.75 Å². The fourth-order valence-electron chi connectivity index (χ4n) is 2.68. The summed E-state index contributed by atoms with van der Waals surface area (Å²) >= 11 is 1.20. The molecule has 0 unspecified atom stereocenters. The Hall–Kier alpha value is -3.07. The highest BCUT2D eigenvalue weighted by atomic mass is 32.2. The number of nitrogens with one attached hydrogen (secondary N) is 1. The summed E-state index contributed by atoms with van der Waals surface area (Å²) in [6.07, 6.45) is 0. The Balaban J connectivity index is 1.78. The normalized spacial score (nSPS) is 10.9. The smallest absolute Gasteiger partial charge is 0.230 e. The second-order valence-electron chi connectivity index (χ2n) is 7.14. The summed E-state index contributed by atoms with van der Waals surface area (Å²) in [7, 11) is 1.59. The van der Waals surface area contributed by atoms with Gasteiger partial charge in [0.15, 0.2) is 11.0 Å². The molecule has 0 spiro atoms. The topological polar surface area (TPSA) is 78.3 Å². The Morgan fingerprint density at radius 3 is 2.52 bits per heavy atom. The zero-order valence-electron chi connectivity index (χ0n) is 17.7. The van der Waals surface area contributed by atoms with Crippen molar-refractivity contribution >= 4 is 17.7 Å². The molecule has 1 N–H and O–H groups in total. The first-order valence-electron chi connectivity index (χ1n) is 9.83. The first-order chi connectivity index (χ1) is 15.0. The maximum atomic E-state index is 14.5. The van der Waals surface area contributed by atoms with Crippen molar-refractivity contribution < 1.29 is 18.7 Å². The van der Waals surface area contributed by atoms with Crippen LogP contribution in [0.15, 0.2) is 53.7 Å². The van der Waals surface area contributed by atoms with Crippen molar-refractivity contribution in [1.29, 1.82) is 0 Å². The minimum Gasteiger partial charge on any atom is -0.497 e. The second-order valence-corrected chi connectivity index (χ2v) is 8.08. The van der Waals surface area contributed by atoms with Crippen LogP contribution in [-0.2, 0) is 11.4 Å². The molecule has 0 saturated heterocycles. The van der Waals surface area contributed by atoms with Gasteiger partial charge in [0.2, 0.25) is 5.91 Å². The van der Waals surface area contributed by atoms with Crippen LogP contribution in [0, 0.1) is 11.7 Å². The molecule has 1 amide bonds. The number of carbonyl (C=O) groups is 1. The molecule has 31 heavy (non-hydrogen) atoms. The lowest BCUT2D eigenvalue weighted by atomic mass is 10.2. The molecule has 0 radical (unpaired) electrons. The first kappa shape index (κ1) is 22.6. The van der Waals surface area contributed by atoms with E-state index in [1.54, 1.807) is 54.1 Å². The number of benzene rings is 2. The first-order valence-corrected chi connectivity index (χ1v) is 10.8. The molecule has 2 aromatic carbocycles. The van der Waals surface area contributed by atoms with Crippen LogP contribution < -0.4 is 14.8 Å². The Morgan fingerprint density at radius 1 is 1.13 bits per heavy atom. The summed E-state index contributed by atoms with van der Waals surface area (Å²) in [6, 6.07) is 13.5. The molecule has 0 aliphatic rings. The molecular weight excluding hydrogens is 419 g/mol. The lowest BCUT2D eigenvalue weighted by molar-refractivity contribution is -0.118. The molecule has 0 fully saturated rings. The number of hydrogen-bond acceptors (Lipinski definition) is 6. The molecule has 1 aromatic heterocycles. The predicted octanol–water partition coefficient (Wildman–Crippen LogP) is 3.86. The van der Waals surface area contributed by atoms with Crippen molar-refractivity contribution in [2.45, 2.75) is 25.6 Å². The highest BCUT2D eigenvalue weighted by Gasteiger charge is 2.19. The van der Waals surface area contributed by atoms with E-state index < -0.39 is 5.82 Å². The van der Waals surface area contributed by atoms with Gasteiger partial charge in [-0.3, -0.25) is 9.36 Å². The van der Waals surface area contributed by atoms with E-state index in [9.17, 15) is 9.18 Å². The van der Waals surface area contributed by atoms with Gasteiger partial charge in [0.1, 0.15) is 23.9 Å². The summed E-state index contributed by atoms with van der Waals surface area (Å²) in [5, 5.41) is 11.6.